The summed E-state index contributed by atoms with van der Waals surface area (Å²) >= 11 is 5.96. The molecule has 0 aliphatic heterocycles. The normalized spacial score (nSPS) is 10.3. The van der Waals surface area contributed by atoms with Crippen LogP contribution < -0.4 is 10.6 Å². The van der Waals surface area contributed by atoms with Gasteiger partial charge in [-0.25, -0.2) is 0 Å². The molecule has 28 heavy (non-hydrogen) atoms. The number of hydrogen-bond acceptors (Lipinski definition) is 3. The number of pyridine rings is 1. The van der Waals surface area contributed by atoms with E-state index >= 15 is 0 Å². The third kappa shape index (κ3) is 5.66. The highest BCUT2D eigenvalue weighted by molar-refractivity contribution is 6.30. The van der Waals surface area contributed by atoms with Gasteiger partial charge in [-0.15, -0.1) is 0 Å². The molecule has 0 fully saturated rings. The molecule has 2 aromatic carbocycles. The van der Waals surface area contributed by atoms with Gasteiger partial charge >= 0.3 is 0 Å². The lowest BCUT2D eigenvalue weighted by molar-refractivity contribution is 0.0940. The molecule has 1 heterocycles. The summed E-state index contributed by atoms with van der Waals surface area (Å²) in [5, 5.41) is 6.39. The number of aromatic nitrogens is 1. The quantitative estimate of drug-likeness (QED) is 0.643. The van der Waals surface area contributed by atoms with Crippen LogP contribution in [-0.2, 0) is 13.0 Å². The Morgan fingerprint density at radius 3 is 2.18 bits per heavy atom. The Bertz CT molecular complexity index is 944. The number of carbonyl (C=O) groups excluding carboxylic acids is 2. The third-order valence-electron chi connectivity index (χ3n) is 4.17. The van der Waals surface area contributed by atoms with Crippen molar-refractivity contribution in [3.63, 3.8) is 0 Å². The standard InChI is InChI=1S/C22H20ClN3O2/c23-20-5-1-3-16(13-20)10-12-25-21(27)18-6-8-19(9-7-18)22(28)26-15-17-4-2-11-24-14-17/h1-9,11,13-14H,10,12,15H2,(H,25,27)(H,26,28). The molecule has 0 atom stereocenters. The molecule has 0 saturated carbocycles. The van der Waals surface area contributed by atoms with Crippen LogP contribution in [0.4, 0.5) is 0 Å². The molecule has 0 unspecified atom stereocenters. The molecule has 1 aromatic heterocycles. The van der Waals surface area contributed by atoms with Crippen molar-refractivity contribution in [1.82, 2.24) is 15.6 Å². The first-order chi connectivity index (χ1) is 13.6. The molecule has 3 aromatic rings. The maximum atomic E-state index is 12.2. The number of nitrogens with one attached hydrogen (secondary N) is 2. The van der Waals surface area contributed by atoms with E-state index in [1.54, 1.807) is 36.7 Å². The Morgan fingerprint density at radius 2 is 1.54 bits per heavy atom. The Labute approximate surface area is 168 Å². The number of nitrogens with zero attached hydrogens (tertiary/aromatic N) is 1. The van der Waals surface area contributed by atoms with Crippen LogP contribution in [0.1, 0.15) is 31.8 Å². The first-order valence-electron chi connectivity index (χ1n) is 8.91. The highest BCUT2D eigenvalue weighted by Gasteiger charge is 2.09. The van der Waals surface area contributed by atoms with Crippen molar-refractivity contribution in [3.05, 3.63) is 100 Å². The second kappa shape index (κ2) is 9.67. The molecule has 5 nitrogen and oxygen atoms in total. The summed E-state index contributed by atoms with van der Waals surface area (Å²) in [6, 6.07) is 17.8. The van der Waals surface area contributed by atoms with Crippen molar-refractivity contribution in [3.8, 4) is 0 Å². The van der Waals surface area contributed by atoms with Crippen LogP contribution >= 0.6 is 11.6 Å². The molecule has 0 radical (unpaired) electrons. The topological polar surface area (TPSA) is 71.1 Å². The predicted octanol–water partition coefficient (Wildman–Crippen LogP) is 3.64. The average molecular weight is 394 g/mol. The van der Waals surface area contributed by atoms with Gasteiger partial charge in [-0.05, 0) is 60.0 Å². The van der Waals surface area contributed by atoms with Crippen molar-refractivity contribution in [2.24, 2.45) is 0 Å². The lowest BCUT2D eigenvalue weighted by Crippen LogP contribution is -2.26. The van der Waals surface area contributed by atoms with Gasteiger partial charge in [0.25, 0.3) is 11.8 Å². The smallest absolute Gasteiger partial charge is 0.251 e. The summed E-state index contributed by atoms with van der Waals surface area (Å²) in [5.74, 6) is -0.374. The minimum absolute atomic E-state index is 0.177. The fourth-order valence-electron chi connectivity index (χ4n) is 2.67. The highest BCUT2D eigenvalue weighted by atomic mass is 35.5. The van der Waals surface area contributed by atoms with Crippen molar-refractivity contribution >= 4 is 23.4 Å². The van der Waals surface area contributed by atoms with Crippen molar-refractivity contribution in [1.29, 1.82) is 0 Å². The Morgan fingerprint density at radius 1 is 0.857 bits per heavy atom. The summed E-state index contributed by atoms with van der Waals surface area (Å²) in [5.41, 5.74) is 2.99. The van der Waals surface area contributed by atoms with Crippen LogP contribution in [0, 0.1) is 0 Å². The van der Waals surface area contributed by atoms with E-state index in [2.05, 4.69) is 15.6 Å². The van der Waals surface area contributed by atoms with Crippen LogP contribution in [0.2, 0.25) is 5.02 Å². The molecule has 2 N–H and O–H groups in total. The van der Waals surface area contributed by atoms with E-state index in [0.29, 0.717) is 35.7 Å². The lowest BCUT2D eigenvalue weighted by atomic mass is 10.1. The fourth-order valence-corrected chi connectivity index (χ4v) is 2.89. The van der Waals surface area contributed by atoms with E-state index in [1.807, 2.05) is 36.4 Å². The number of amides is 2. The van der Waals surface area contributed by atoms with Crippen LogP contribution in [0.5, 0.6) is 0 Å². The Kier molecular flexibility index (Phi) is 6.76. The first-order valence-corrected chi connectivity index (χ1v) is 9.29. The molecule has 0 saturated heterocycles. The monoisotopic (exact) mass is 393 g/mol. The number of benzene rings is 2. The van der Waals surface area contributed by atoms with Crippen molar-refractivity contribution < 1.29 is 9.59 Å². The molecule has 0 aliphatic carbocycles. The predicted molar refractivity (Wildman–Crippen MR) is 109 cm³/mol. The second-order valence-electron chi connectivity index (χ2n) is 6.26. The van der Waals surface area contributed by atoms with Gasteiger partial charge in [0, 0.05) is 41.6 Å². The van der Waals surface area contributed by atoms with E-state index in [1.165, 1.54) is 0 Å². The van der Waals surface area contributed by atoms with Gasteiger partial charge in [0.1, 0.15) is 0 Å². The molecule has 0 aliphatic rings. The zero-order valence-electron chi connectivity index (χ0n) is 15.2. The molecular weight excluding hydrogens is 374 g/mol. The van der Waals surface area contributed by atoms with Crippen LogP contribution in [0.15, 0.2) is 73.1 Å². The van der Waals surface area contributed by atoms with E-state index in [9.17, 15) is 9.59 Å². The minimum Gasteiger partial charge on any atom is -0.352 e. The summed E-state index contributed by atoms with van der Waals surface area (Å²) in [6.45, 7) is 0.908. The number of hydrogen-bond donors (Lipinski definition) is 2. The second-order valence-corrected chi connectivity index (χ2v) is 6.69. The molecule has 6 heteroatoms. The van der Waals surface area contributed by atoms with Gasteiger partial charge in [0.05, 0.1) is 0 Å². The fraction of sp³-hybridized carbons (Fsp3) is 0.136. The number of halogens is 1. The van der Waals surface area contributed by atoms with Gasteiger partial charge in [-0.3, -0.25) is 14.6 Å². The number of carbonyl (C=O) groups is 2. The van der Waals surface area contributed by atoms with Crippen molar-refractivity contribution in [2.75, 3.05) is 6.54 Å². The van der Waals surface area contributed by atoms with Crippen LogP contribution in [0.3, 0.4) is 0 Å². The van der Waals surface area contributed by atoms with Crippen LogP contribution in [0.25, 0.3) is 0 Å². The minimum atomic E-state index is -0.197. The summed E-state index contributed by atoms with van der Waals surface area (Å²) in [4.78, 5) is 28.5. The van der Waals surface area contributed by atoms with E-state index in [0.717, 1.165) is 11.1 Å². The molecule has 0 bridgehead atoms. The maximum absolute atomic E-state index is 12.2. The van der Waals surface area contributed by atoms with Gasteiger partial charge in [-0.1, -0.05) is 29.8 Å². The van der Waals surface area contributed by atoms with E-state index < -0.39 is 0 Å². The van der Waals surface area contributed by atoms with Crippen LogP contribution in [-0.4, -0.2) is 23.3 Å². The zero-order chi connectivity index (χ0) is 19.8. The van der Waals surface area contributed by atoms with E-state index in [-0.39, 0.29) is 11.8 Å². The number of rotatable bonds is 7. The first kappa shape index (κ1) is 19.6. The summed E-state index contributed by atoms with van der Waals surface area (Å²) in [7, 11) is 0. The highest BCUT2D eigenvalue weighted by Crippen LogP contribution is 2.11. The molecule has 3 rings (SSSR count). The molecule has 0 spiro atoms. The van der Waals surface area contributed by atoms with E-state index in [4.69, 9.17) is 11.6 Å². The molecule has 2 amide bonds. The van der Waals surface area contributed by atoms with Gasteiger partial charge in [0.2, 0.25) is 0 Å². The Balaban J connectivity index is 1.48. The lowest BCUT2D eigenvalue weighted by Gasteiger charge is -2.08. The maximum Gasteiger partial charge on any atom is 0.251 e. The van der Waals surface area contributed by atoms with Gasteiger partial charge in [0.15, 0.2) is 0 Å². The van der Waals surface area contributed by atoms with Gasteiger partial charge < -0.3 is 10.6 Å². The molecule has 142 valence electrons. The SMILES string of the molecule is O=C(NCCc1cccc(Cl)c1)c1ccc(C(=O)NCc2cccnc2)cc1. The summed E-state index contributed by atoms with van der Waals surface area (Å²) < 4.78 is 0. The average Bonchev–Trinajstić information content (AvgIpc) is 2.73. The zero-order valence-corrected chi connectivity index (χ0v) is 15.9. The summed E-state index contributed by atoms with van der Waals surface area (Å²) in [6.07, 6.45) is 4.09. The van der Waals surface area contributed by atoms with Crippen molar-refractivity contribution in [2.45, 2.75) is 13.0 Å². The molecular formula is C22H20ClN3O2. The van der Waals surface area contributed by atoms with Gasteiger partial charge in [-0.2, -0.15) is 0 Å². The largest absolute Gasteiger partial charge is 0.352 e. The third-order valence-corrected chi connectivity index (χ3v) is 4.41. The Hall–Kier alpha value is -3.18.